The van der Waals surface area contributed by atoms with Crippen molar-refractivity contribution in [2.24, 2.45) is 0 Å². The van der Waals surface area contributed by atoms with Gasteiger partial charge in [-0.15, -0.1) is 0 Å². The van der Waals surface area contributed by atoms with Crippen LogP contribution in [0.3, 0.4) is 0 Å². The van der Waals surface area contributed by atoms with Crippen molar-refractivity contribution in [3.05, 3.63) is 23.5 Å². The van der Waals surface area contributed by atoms with Crippen molar-refractivity contribution in [1.82, 2.24) is 9.97 Å². The van der Waals surface area contributed by atoms with Crippen LogP contribution in [-0.4, -0.2) is 16.2 Å². The van der Waals surface area contributed by atoms with Crippen molar-refractivity contribution < 1.29 is 5.41 Å². The fourth-order valence-electron chi connectivity index (χ4n) is 1.36. The monoisotopic (exact) mass is 175 g/mol. The summed E-state index contributed by atoms with van der Waals surface area (Å²) in [6.07, 6.45) is 1.49. The molecule has 0 unspecified atom stereocenters. The molecule has 2 aromatic rings. The van der Waals surface area contributed by atoms with Gasteiger partial charge < -0.3 is 10.7 Å². The maximum atomic E-state index is 5.74. The number of hydrogen-bond donors (Lipinski definition) is 3. The molecule has 4 heteroatoms. The Bertz CT molecular complexity index is 470. The maximum Gasteiger partial charge on any atom is 0.169 e. The highest BCUT2D eigenvalue weighted by molar-refractivity contribution is 5.91. The van der Waals surface area contributed by atoms with E-state index in [4.69, 9.17) is 11.1 Å². The molecule has 0 saturated carbocycles. The second-order valence-corrected chi connectivity index (χ2v) is 2.99. The zero-order valence-electron chi connectivity index (χ0n) is 7.33. The molecule has 0 aliphatic carbocycles. The van der Waals surface area contributed by atoms with E-state index in [0.29, 0.717) is 5.69 Å². The number of fused-ring (bicyclic) bond motifs is 1. The number of hydrogen-bond acceptors (Lipinski definition) is 2. The van der Waals surface area contributed by atoms with Crippen molar-refractivity contribution in [1.29, 1.82) is 0 Å². The molecule has 0 spiro atoms. The second kappa shape index (κ2) is 2.58. The first kappa shape index (κ1) is 7.79. The first-order chi connectivity index (χ1) is 6.20. The SMILES string of the molecule is Cc1nc2cc(N)c(C=[NH2+])cc2[nH]1. The number of nitrogens with two attached hydrogens (primary N) is 2. The lowest BCUT2D eigenvalue weighted by Gasteiger charge is -1.95. The molecule has 66 valence electrons. The van der Waals surface area contributed by atoms with E-state index in [9.17, 15) is 0 Å². The number of nitrogens with zero attached hydrogens (tertiary/aromatic N) is 1. The van der Waals surface area contributed by atoms with E-state index in [0.717, 1.165) is 22.4 Å². The molecule has 2 rings (SSSR count). The molecule has 4 nitrogen and oxygen atoms in total. The minimum atomic E-state index is 0.654. The standard InChI is InChI=1S/C9H10N4/c1-5-12-8-2-6(4-10)7(11)3-9(8)13-5/h2-4,10H,11H2,1H3,(H,12,13)/p+1. The summed E-state index contributed by atoms with van der Waals surface area (Å²) in [5, 5.41) is 5.41. The van der Waals surface area contributed by atoms with Crippen LogP contribution >= 0.6 is 0 Å². The lowest BCUT2D eigenvalue weighted by molar-refractivity contribution is -0.104. The fraction of sp³-hybridized carbons (Fsp3) is 0.111. The van der Waals surface area contributed by atoms with Gasteiger partial charge >= 0.3 is 0 Å². The summed E-state index contributed by atoms with van der Waals surface area (Å²) in [6.45, 7) is 1.90. The van der Waals surface area contributed by atoms with Gasteiger partial charge in [0, 0.05) is 5.69 Å². The van der Waals surface area contributed by atoms with E-state index < -0.39 is 0 Å². The summed E-state index contributed by atoms with van der Waals surface area (Å²) >= 11 is 0. The molecule has 0 saturated heterocycles. The van der Waals surface area contributed by atoms with E-state index in [1.165, 1.54) is 6.21 Å². The molecule has 1 aromatic heterocycles. The quantitative estimate of drug-likeness (QED) is 0.408. The van der Waals surface area contributed by atoms with E-state index in [1.807, 2.05) is 19.1 Å². The number of aryl methyl sites for hydroxylation is 1. The highest BCUT2D eigenvalue weighted by atomic mass is 14.9. The first-order valence-electron chi connectivity index (χ1n) is 4.01. The summed E-state index contributed by atoms with van der Waals surface area (Å²) in [5.41, 5.74) is 9.06. The van der Waals surface area contributed by atoms with Crippen LogP contribution in [0.2, 0.25) is 0 Å². The number of benzene rings is 1. The number of H-pyrrole nitrogens is 1. The van der Waals surface area contributed by atoms with Crippen molar-refractivity contribution in [3.8, 4) is 0 Å². The Kier molecular flexibility index (Phi) is 1.55. The zero-order chi connectivity index (χ0) is 9.42. The Labute approximate surface area is 75.3 Å². The van der Waals surface area contributed by atoms with Gasteiger partial charge in [0.15, 0.2) is 6.21 Å². The highest BCUT2D eigenvalue weighted by Gasteiger charge is 2.04. The molecule has 0 fully saturated rings. The molecule has 0 amide bonds. The topological polar surface area (TPSA) is 80.3 Å². The van der Waals surface area contributed by atoms with Gasteiger partial charge in [0.05, 0.1) is 16.6 Å². The molecule has 0 bridgehead atoms. The second-order valence-electron chi connectivity index (χ2n) is 2.99. The van der Waals surface area contributed by atoms with Crippen LogP contribution in [0.1, 0.15) is 11.4 Å². The van der Waals surface area contributed by atoms with E-state index in [1.54, 1.807) is 0 Å². The average molecular weight is 175 g/mol. The lowest BCUT2D eigenvalue weighted by atomic mass is 10.2. The molecule has 1 heterocycles. The maximum absolute atomic E-state index is 5.74. The largest absolute Gasteiger partial charge is 0.398 e. The number of aromatic amines is 1. The van der Waals surface area contributed by atoms with Crippen molar-refractivity contribution in [2.75, 3.05) is 5.73 Å². The Balaban J connectivity index is 2.79. The predicted molar refractivity (Wildman–Crippen MR) is 52.3 cm³/mol. The normalized spacial score (nSPS) is 10.5. The van der Waals surface area contributed by atoms with Gasteiger partial charge in [0.25, 0.3) is 0 Å². The van der Waals surface area contributed by atoms with Crippen LogP contribution in [-0.2, 0) is 0 Å². The molecule has 1 aromatic carbocycles. The Hall–Kier alpha value is -1.84. The minimum Gasteiger partial charge on any atom is -0.398 e. The van der Waals surface area contributed by atoms with Crippen LogP contribution < -0.4 is 11.1 Å². The van der Waals surface area contributed by atoms with Crippen LogP contribution in [0.4, 0.5) is 5.69 Å². The molecule has 0 radical (unpaired) electrons. The zero-order valence-corrected chi connectivity index (χ0v) is 7.33. The number of anilines is 1. The summed E-state index contributed by atoms with van der Waals surface area (Å²) < 4.78 is 0. The smallest absolute Gasteiger partial charge is 0.169 e. The molecule has 0 aliphatic heterocycles. The first-order valence-corrected chi connectivity index (χ1v) is 4.01. The average Bonchev–Trinajstić information content (AvgIpc) is 2.42. The fourth-order valence-corrected chi connectivity index (χ4v) is 1.36. The van der Waals surface area contributed by atoms with Gasteiger partial charge in [0.1, 0.15) is 5.82 Å². The summed E-state index contributed by atoms with van der Waals surface area (Å²) in [7, 11) is 0. The number of imidazole rings is 1. The summed E-state index contributed by atoms with van der Waals surface area (Å²) in [5.74, 6) is 0.878. The molecule has 5 N–H and O–H groups in total. The van der Waals surface area contributed by atoms with E-state index in [-0.39, 0.29) is 0 Å². The number of nitrogens with one attached hydrogen (secondary N) is 1. The van der Waals surface area contributed by atoms with Crippen molar-refractivity contribution in [3.63, 3.8) is 0 Å². The van der Waals surface area contributed by atoms with Gasteiger partial charge in [-0.05, 0) is 19.1 Å². The summed E-state index contributed by atoms with van der Waals surface area (Å²) in [4.78, 5) is 7.38. The van der Waals surface area contributed by atoms with Crippen LogP contribution in [0.25, 0.3) is 11.0 Å². The minimum absolute atomic E-state index is 0.654. The summed E-state index contributed by atoms with van der Waals surface area (Å²) in [6, 6.07) is 3.71. The highest BCUT2D eigenvalue weighted by Crippen LogP contribution is 2.18. The number of aromatic nitrogens is 2. The number of nitrogen functional groups attached to an aromatic ring is 1. The Morgan fingerprint density at radius 2 is 2.31 bits per heavy atom. The van der Waals surface area contributed by atoms with E-state index >= 15 is 0 Å². The molecular weight excluding hydrogens is 164 g/mol. The Morgan fingerprint density at radius 1 is 1.54 bits per heavy atom. The lowest BCUT2D eigenvalue weighted by Crippen LogP contribution is -2.30. The van der Waals surface area contributed by atoms with Gasteiger partial charge in [-0.25, -0.2) is 4.98 Å². The molecule has 0 aliphatic rings. The van der Waals surface area contributed by atoms with Crippen LogP contribution in [0.5, 0.6) is 0 Å². The number of rotatable bonds is 1. The van der Waals surface area contributed by atoms with Crippen LogP contribution in [0, 0.1) is 6.92 Å². The van der Waals surface area contributed by atoms with Gasteiger partial charge in [0.2, 0.25) is 0 Å². The third-order valence-electron chi connectivity index (χ3n) is 1.98. The van der Waals surface area contributed by atoms with Crippen molar-refractivity contribution in [2.45, 2.75) is 6.92 Å². The predicted octanol–water partition coefficient (Wildman–Crippen LogP) is -0.368. The van der Waals surface area contributed by atoms with E-state index in [2.05, 4.69) is 9.97 Å². The molecule has 0 atom stereocenters. The van der Waals surface area contributed by atoms with Crippen molar-refractivity contribution >= 4 is 22.9 Å². The van der Waals surface area contributed by atoms with Gasteiger partial charge in [-0.2, -0.15) is 0 Å². The van der Waals surface area contributed by atoms with Gasteiger partial charge in [-0.1, -0.05) is 0 Å². The van der Waals surface area contributed by atoms with Crippen LogP contribution in [0.15, 0.2) is 12.1 Å². The van der Waals surface area contributed by atoms with Gasteiger partial charge in [-0.3, -0.25) is 5.41 Å². The molecular formula is C9H11N4+. The third kappa shape index (κ3) is 1.16. The third-order valence-corrected chi connectivity index (χ3v) is 1.98. The molecule has 13 heavy (non-hydrogen) atoms. The Morgan fingerprint density at radius 3 is 3.00 bits per heavy atom.